The van der Waals surface area contributed by atoms with Crippen molar-refractivity contribution in [3.05, 3.63) is 35.9 Å². The van der Waals surface area contributed by atoms with Gasteiger partial charge in [-0.2, -0.15) is 0 Å². The summed E-state index contributed by atoms with van der Waals surface area (Å²) < 4.78 is 2.01. The largest absolute Gasteiger partial charge is 0.322 e. The number of pyridine rings is 1. The van der Waals surface area contributed by atoms with Gasteiger partial charge in [0.2, 0.25) is 5.82 Å². The van der Waals surface area contributed by atoms with Crippen LogP contribution in [0.15, 0.2) is 24.5 Å². The minimum Gasteiger partial charge on any atom is -0.322 e. The molecule has 3 rings (SSSR count). The molecule has 2 N–H and O–H groups in total. The summed E-state index contributed by atoms with van der Waals surface area (Å²) in [5.74, 6) is 1.53. The lowest BCUT2D eigenvalue weighted by molar-refractivity contribution is -1.03. The first-order chi connectivity index (χ1) is 12.4. The highest BCUT2D eigenvalue weighted by molar-refractivity contribution is 5.07. The van der Waals surface area contributed by atoms with Crippen molar-refractivity contribution in [2.24, 2.45) is 5.92 Å². The summed E-state index contributed by atoms with van der Waals surface area (Å²) in [5, 5.41) is 12.7. The minimum atomic E-state index is -0.0974. The van der Waals surface area contributed by atoms with Crippen LogP contribution >= 0.6 is 0 Å². The van der Waals surface area contributed by atoms with Crippen LogP contribution in [-0.2, 0) is 12.1 Å². The molecule has 0 unspecified atom stereocenters. The average molecular weight is 360 g/mol. The Hall–Kier alpha value is -1.86. The van der Waals surface area contributed by atoms with Crippen LogP contribution in [0.25, 0.3) is 0 Å². The first-order valence-electron chi connectivity index (χ1n) is 9.72. The van der Waals surface area contributed by atoms with Gasteiger partial charge >= 0.3 is 0 Å². The van der Waals surface area contributed by atoms with Crippen molar-refractivity contribution in [1.82, 2.24) is 25.2 Å². The quantitative estimate of drug-likeness (QED) is 0.756. The molecule has 1 saturated heterocycles. The molecule has 0 bridgehead atoms. The fourth-order valence-electron chi connectivity index (χ4n) is 4.02. The summed E-state index contributed by atoms with van der Waals surface area (Å²) in [7, 11) is 0. The van der Waals surface area contributed by atoms with Gasteiger partial charge in [-0.1, -0.05) is 13.8 Å². The van der Waals surface area contributed by atoms with Crippen molar-refractivity contribution >= 4 is 0 Å². The average Bonchev–Trinajstić information content (AvgIpc) is 3.07. The van der Waals surface area contributed by atoms with Gasteiger partial charge in [0.05, 0.1) is 5.54 Å². The number of piperazine rings is 1. The van der Waals surface area contributed by atoms with Crippen LogP contribution in [-0.4, -0.2) is 51.4 Å². The molecule has 0 radical (unpaired) electrons. The number of hydrogen-bond donors (Lipinski definition) is 2. The number of hydrogen-bond acceptors (Lipinski definition) is 4. The number of quaternary nitrogens is 2. The van der Waals surface area contributed by atoms with Gasteiger partial charge in [-0.25, -0.2) is 4.68 Å². The predicted octanol–water partition coefficient (Wildman–Crippen LogP) is -0.496. The van der Waals surface area contributed by atoms with Crippen LogP contribution in [0.1, 0.15) is 52.0 Å². The van der Waals surface area contributed by atoms with E-state index < -0.39 is 0 Å². The molecule has 0 saturated carbocycles. The van der Waals surface area contributed by atoms with Crippen LogP contribution < -0.4 is 9.80 Å². The van der Waals surface area contributed by atoms with Gasteiger partial charge in [0, 0.05) is 23.9 Å². The summed E-state index contributed by atoms with van der Waals surface area (Å²) >= 11 is 0. The maximum absolute atomic E-state index is 4.43. The van der Waals surface area contributed by atoms with Crippen molar-refractivity contribution in [2.45, 2.75) is 52.7 Å². The molecule has 26 heavy (non-hydrogen) atoms. The van der Waals surface area contributed by atoms with Crippen LogP contribution in [0.5, 0.6) is 0 Å². The summed E-state index contributed by atoms with van der Waals surface area (Å²) in [6, 6.07) is 4.59. The van der Waals surface area contributed by atoms with Crippen LogP contribution in [0.2, 0.25) is 0 Å². The van der Waals surface area contributed by atoms with Crippen molar-refractivity contribution < 1.29 is 9.80 Å². The Morgan fingerprint density at radius 1 is 1.08 bits per heavy atom. The highest BCUT2D eigenvalue weighted by Crippen LogP contribution is 2.21. The Balaban J connectivity index is 1.69. The summed E-state index contributed by atoms with van der Waals surface area (Å²) in [4.78, 5) is 7.38. The van der Waals surface area contributed by atoms with Gasteiger partial charge in [0.25, 0.3) is 0 Å². The lowest BCUT2D eigenvalue weighted by Gasteiger charge is -2.36. The second-order valence-electron chi connectivity index (χ2n) is 8.78. The third-order valence-electron chi connectivity index (χ3n) is 5.32. The van der Waals surface area contributed by atoms with Crippen molar-refractivity contribution in [2.75, 3.05) is 26.2 Å². The van der Waals surface area contributed by atoms with Gasteiger partial charge < -0.3 is 9.80 Å². The second kappa shape index (κ2) is 7.80. The molecule has 1 fully saturated rings. The Morgan fingerprint density at radius 2 is 1.73 bits per heavy atom. The van der Waals surface area contributed by atoms with Gasteiger partial charge in [0.1, 0.15) is 32.7 Å². The maximum Gasteiger partial charge on any atom is 0.210 e. The van der Waals surface area contributed by atoms with E-state index in [0.29, 0.717) is 12.0 Å². The number of nitrogens with zero attached hydrogens (tertiary/aromatic N) is 5. The molecular formula is C19H33N7+2. The van der Waals surface area contributed by atoms with Gasteiger partial charge in [0.15, 0.2) is 6.04 Å². The van der Waals surface area contributed by atoms with Crippen LogP contribution in [0.4, 0.5) is 0 Å². The smallest absolute Gasteiger partial charge is 0.210 e. The Labute approximate surface area is 156 Å². The molecular weight excluding hydrogens is 326 g/mol. The van der Waals surface area contributed by atoms with Gasteiger partial charge in [-0.05, 0) is 43.3 Å². The Morgan fingerprint density at radius 3 is 2.31 bits per heavy atom. The molecule has 0 aromatic carbocycles. The van der Waals surface area contributed by atoms with E-state index in [-0.39, 0.29) is 5.54 Å². The normalized spacial score (nSPS) is 22.5. The molecule has 7 nitrogen and oxygen atoms in total. The molecule has 142 valence electrons. The fourth-order valence-corrected chi connectivity index (χ4v) is 4.02. The molecule has 1 aliphatic heterocycles. The van der Waals surface area contributed by atoms with E-state index in [4.69, 9.17) is 0 Å². The molecule has 1 atom stereocenters. The number of rotatable bonds is 5. The minimum absolute atomic E-state index is 0.0974. The summed E-state index contributed by atoms with van der Waals surface area (Å²) in [6.45, 7) is 16.8. The van der Waals surface area contributed by atoms with E-state index in [9.17, 15) is 0 Å². The van der Waals surface area contributed by atoms with Crippen molar-refractivity contribution in [3.63, 3.8) is 0 Å². The lowest BCUT2D eigenvalue weighted by Crippen LogP contribution is -3.27. The third-order valence-corrected chi connectivity index (χ3v) is 5.32. The first-order valence-corrected chi connectivity index (χ1v) is 9.72. The number of tetrazole rings is 1. The lowest BCUT2D eigenvalue weighted by atomic mass is 9.99. The van der Waals surface area contributed by atoms with E-state index in [1.165, 1.54) is 18.7 Å². The highest BCUT2D eigenvalue weighted by Gasteiger charge is 2.37. The monoisotopic (exact) mass is 359 g/mol. The van der Waals surface area contributed by atoms with Crippen LogP contribution in [0.3, 0.4) is 0 Å². The first kappa shape index (κ1) is 18.9. The van der Waals surface area contributed by atoms with Gasteiger partial charge in [-0.15, -0.1) is 5.10 Å². The van der Waals surface area contributed by atoms with E-state index in [2.05, 4.69) is 67.3 Å². The predicted molar refractivity (Wildman–Crippen MR) is 99.7 cm³/mol. The number of nitrogens with one attached hydrogen (secondary N) is 2. The zero-order chi connectivity index (χ0) is 18.7. The molecule has 2 aromatic heterocycles. The zero-order valence-corrected chi connectivity index (χ0v) is 16.7. The van der Waals surface area contributed by atoms with E-state index in [1.54, 1.807) is 9.80 Å². The molecule has 1 aliphatic rings. The Kier molecular flexibility index (Phi) is 5.67. The number of aromatic nitrogens is 5. The summed E-state index contributed by atoms with van der Waals surface area (Å²) in [6.07, 6.45) is 3.77. The molecule has 7 heteroatoms. The molecule has 0 amide bonds. The van der Waals surface area contributed by atoms with E-state index >= 15 is 0 Å². The highest BCUT2D eigenvalue weighted by atomic mass is 15.6. The van der Waals surface area contributed by atoms with E-state index in [1.807, 2.05) is 17.1 Å². The fraction of sp³-hybridized carbons (Fsp3) is 0.684. The summed E-state index contributed by atoms with van der Waals surface area (Å²) in [5.41, 5.74) is 1.27. The topological polar surface area (TPSA) is 65.4 Å². The second-order valence-corrected chi connectivity index (χ2v) is 8.78. The van der Waals surface area contributed by atoms with Crippen molar-refractivity contribution in [1.29, 1.82) is 0 Å². The Bertz CT molecular complexity index is 681. The van der Waals surface area contributed by atoms with Crippen LogP contribution in [0, 0.1) is 5.92 Å². The maximum atomic E-state index is 4.43. The standard InChI is InChI=1S/C19H31N7/c1-15(2)17(18-21-22-23-26(18)19(3,4)5)25-12-10-24(11-13-25)14-16-6-8-20-9-7-16/h6-9,15,17H,10-14H2,1-5H3/p+2/t17-/m0/s1. The zero-order valence-electron chi connectivity index (χ0n) is 16.7. The third kappa shape index (κ3) is 4.27. The molecule has 0 aliphatic carbocycles. The molecule has 2 aromatic rings. The van der Waals surface area contributed by atoms with Crippen molar-refractivity contribution in [3.8, 4) is 0 Å². The van der Waals surface area contributed by atoms with Gasteiger partial charge in [-0.3, -0.25) is 4.98 Å². The molecule has 3 heterocycles. The SMILES string of the molecule is CC(C)[C@@H](c1nnnn1C(C)(C)C)[NH+]1CC[NH+](Cc2ccncc2)CC1. The molecule has 0 spiro atoms. The van der Waals surface area contributed by atoms with E-state index in [0.717, 1.165) is 25.5 Å².